The summed E-state index contributed by atoms with van der Waals surface area (Å²) >= 11 is 0. The van der Waals surface area contributed by atoms with Gasteiger partial charge < -0.3 is 4.90 Å². The number of carbonyl (C=O) groups is 1. The zero-order valence-corrected chi connectivity index (χ0v) is 10.1. The van der Waals surface area contributed by atoms with Crippen molar-refractivity contribution < 1.29 is 4.79 Å². The van der Waals surface area contributed by atoms with Crippen molar-refractivity contribution >= 4 is 26.4 Å². The molecule has 0 aromatic heterocycles. The molecule has 1 unspecified atom stereocenters. The lowest BCUT2D eigenvalue weighted by molar-refractivity contribution is 0.267. The second kappa shape index (κ2) is 5.62. The van der Waals surface area contributed by atoms with Gasteiger partial charge in [0.05, 0.1) is 0 Å². The Kier molecular flexibility index (Phi) is 4.44. The van der Waals surface area contributed by atoms with E-state index in [4.69, 9.17) is 0 Å². The van der Waals surface area contributed by atoms with Gasteiger partial charge in [0.15, 0.2) is 0 Å². The van der Waals surface area contributed by atoms with E-state index in [1.54, 1.807) is 0 Å². The van der Waals surface area contributed by atoms with E-state index in [1.165, 1.54) is 0 Å². The van der Waals surface area contributed by atoms with Crippen molar-refractivity contribution in [2.75, 3.05) is 11.4 Å². The Morgan fingerprint density at radius 2 is 2.00 bits per heavy atom. The number of nitrogens with zero attached hydrogens (tertiary/aromatic N) is 2. The second-order valence-corrected chi connectivity index (χ2v) is 3.57. The van der Waals surface area contributed by atoms with Crippen molar-refractivity contribution in [3.05, 3.63) is 30.3 Å². The minimum atomic E-state index is -0.248. The molecule has 0 aliphatic heterocycles. The lowest BCUT2D eigenvalue weighted by atomic mass is 10.3. The normalized spacial score (nSPS) is 11.3. The summed E-state index contributed by atoms with van der Waals surface area (Å²) < 4.78 is 0. The molecule has 0 aliphatic rings. The first kappa shape index (κ1) is 11.9. The molecule has 3 nitrogen and oxygen atoms in total. The van der Waals surface area contributed by atoms with Gasteiger partial charge in [-0.2, -0.15) is 4.99 Å². The minimum absolute atomic E-state index is 0.248. The topological polar surface area (TPSA) is 32.7 Å². The maximum absolute atomic E-state index is 10.9. The molecule has 0 spiro atoms. The van der Waals surface area contributed by atoms with Crippen molar-refractivity contribution in [2.24, 2.45) is 4.99 Å². The van der Waals surface area contributed by atoms with Gasteiger partial charge in [-0.05, 0) is 35.2 Å². The molecule has 1 aromatic rings. The summed E-state index contributed by atoms with van der Waals surface area (Å²) in [5.41, 5.74) is 0.800. The minimum Gasteiger partial charge on any atom is -0.330 e. The van der Waals surface area contributed by atoms with Crippen LogP contribution in [0.25, 0.3) is 0 Å². The van der Waals surface area contributed by atoms with Crippen LogP contribution in [0.3, 0.4) is 0 Å². The zero-order valence-electron chi connectivity index (χ0n) is 8.97. The number of carbonyl (C=O) groups excluding carboxylic acids is 1. The molecule has 0 N–H and O–H groups in total. The molecule has 0 saturated heterocycles. The van der Waals surface area contributed by atoms with Gasteiger partial charge in [-0.3, -0.25) is 4.79 Å². The third kappa shape index (κ3) is 3.45. The molecule has 1 amide bonds. The van der Waals surface area contributed by atoms with E-state index < -0.39 is 0 Å². The number of hydrogen-bond donors (Lipinski definition) is 0. The molecule has 1 rings (SSSR count). The lowest BCUT2D eigenvalue weighted by Crippen LogP contribution is -2.28. The summed E-state index contributed by atoms with van der Waals surface area (Å²) in [4.78, 5) is 16.7. The van der Waals surface area contributed by atoms with Crippen LogP contribution in [-0.2, 0) is 0 Å². The van der Waals surface area contributed by atoms with Gasteiger partial charge in [-0.1, -0.05) is 18.2 Å². The standard InChI is InChI=1S/C11H15N2OP/c1-3-13(9(2)12-11(14)15)10-7-5-4-6-8-10/h4-8H,3,15H2,1-2H3/b12-9+. The van der Waals surface area contributed by atoms with Crippen LogP contribution >= 0.6 is 9.24 Å². The Bertz CT molecular complexity index is 362. The maximum atomic E-state index is 10.9. The molecule has 0 aliphatic carbocycles. The number of aliphatic imine (C=N–C) groups is 1. The third-order valence-corrected chi connectivity index (χ3v) is 2.18. The molecule has 0 radical (unpaired) electrons. The van der Waals surface area contributed by atoms with Crippen LogP contribution in [0.2, 0.25) is 0 Å². The van der Waals surface area contributed by atoms with Crippen LogP contribution in [-0.4, -0.2) is 18.0 Å². The van der Waals surface area contributed by atoms with Gasteiger partial charge in [0.2, 0.25) is 0 Å². The Hall–Kier alpha value is -1.21. The van der Waals surface area contributed by atoms with Gasteiger partial charge in [0, 0.05) is 12.2 Å². The first-order chi connectivity index (χ1) is 7.15. The summed E-state index contributed by atoms with van der Waals surface area (Å²) in [7, 11) is 2.05. The summed E-state index contributed by atoms with van der Waals surface area (Å²) in [6, 6.07) is 9.89. The van der Waals surface area contributed by atoms with Crippen molar-refractivity contribution in [1.29, 1.82) is 0 Å². The van der Waals surface area contributed by atoms with Crippen LogP contribution in [0, 0.1) is 0 Å². The largest absolute Gasteiger partial charge is 0.330 e. The molecule has 80 valence electrons. The molecule has 0 heterocycles. The van der Waals surface area contributed by atoms with Gasteiger partial charge >= 0.3 is 0 Å². The highest BCUT2D eigenvalue weighted by atomic mass is 31.0. The van der Waals surface area contributed by atoms with Crippen LogP contribution in [0.5, 0.6) is 0 Å². The van der Waals surface area contributed by atoms with Gasteiger partial charge in [0.1, 0.15) is 5.84 Å². The van der Waals surface area contributed by atoms with E-state index in [0.717, 1.165) is 12.2 Å². The van der Waals surface area contributed by atoms with Gasteiger partial charge in [-0.15, -0.1) is 0 Å². The summed E-state index contributed by atoms with van der Waals surface area (Å²) in [6.07, 6.45) is 0. The molecule has 0 saturated carbocycles. The number of amidine groups is 1. The van der Waals surface area contributed by atoms with E-state index in [0.29, 0.717) is 5.84 Å². The molecule has 1 aromatic carbocycles. The van der Waals surface area contributed by atoms with E-state index in [1.807, 2.05) is 49.1 Å². The number of amides is 1. The SMILES string of the molecule is CCN(/C(C)=N/C(=O)P)c1ccccc1. The zero-order chi connectivity index (χ0) is 11.3. The van der Waals surface area contributed by atoms with Crippen molar-refractivity contribution in [3.8, 4) is 0 Å². The summed E-state index contributed by atoms with van der Waals surface area (Å²) in [6.45, 7) is 4.65. The predicted molar refractivity (Wildman–Crippen MR) is 67.7 cm³/mol. The van der Waals surface area contributed by atoms with E-state index in [-0.39, 0.29) is 5.65 Å². The molecular formula is C11H15N2OP. The van der Waals surface area contributed by atoms with Crippen molar-refractivity contribution in [2.45, 2.75) is 13.8 Å². The highest BCUT2D eigenvalue weighted by Gasteiger charge is 2.06. The first-order valence-corrected chi connectivity index (χ1v) is 5.40. The monoisotopic (exact) mass is 222 g/mol. The highest BCUT2D eigenvalue weighted by molar-refractivity contribution is 7.40. The average Bonchev–Trinajstić information content (AvgIpc) is 2.19. The Morgan fingerprint density at radius 1 is 1.40 bits per heavy atom. The van der Waals surface area contributed by atoms with Crippen LogP contribution in [0.1, 0.15) is 13.8 Å². The number of para-hydroxylation sites is 1. The summed E-state index contributed by atoms with van der Waals surface area (Å²) in [5, 5.41) is 0. The average molecular weight is 222 g/mol. The number of anilines is 1. The quantitative estimate of drug-likeness (QED) is 0.438. The second-order valence-electron chi connectivity index (χ2n) is 3.08. The summed E-state index contributed by atoms with van der Waals surface area (Å²) in [5.74, 6) is 0.712. The van der Waals surface area contributed by atoms with Gasteiger partial charge in [0.25, 0.3) is 5.65 Å². The Balaban J connectivity index is 2.95. The Morgan fingerprint density at radius 3 is 2.47 bits per heavy atom. The fourth-order valence-corrected chi connectivity index (χ4v) is 1.61. The predicted octanol–water partition coefficient (Wildman–Crippen LogP) is 2.93. The third-order valence-electron chi connectivity index (χ3n) is 2.05. The first-order valence-electron chi connectivity index (χ1n) is 4.82. The highest BCUT2D eigenvalue weighted by Crippen LogP contribution is 2.13. The number of hydrogen-bond acceptors (Lipinski definition) is 1. The smallest absolute Gasteiger partial charge is 0.261 e. The van der Waals surface area contributed by atoms with Crippen LogP contribution < -0.4 is 4.90 Å². The number of benzene rings is 1. The van der Waals surface area contributed by atoms with Crippen LogP contribution in [0.15, 0.2) is 35.3 Å². The Labute approximate surface area is 92.4 Å². The number of rotatable bonds is 2. The van der Waals surface area contributed by atoms with E-state index in [9.17, 15) is 4.79 Å². The molecule has 0 bridgehead atoms. The molecule has 15 heavy (non-hydrogen) atoms. The van der Waals surface area contributed by atoms with E-state index >= 15 is 0 Å². The fraction of sp³-hybridized carbons (Fsp3) is 0.273. The molecule has 0 fully saturated rings. The fourth-order valence-electron chi connectivity index (χ4n) is 1.43. The lowest BCUT2D eigenvalue weighted by Gasteiger charge is -2.22. The van der Waals surface area contributed by atoms with Crippen molar-refractivity contribution in [3.63, 3.8) is 0 Å². The van der Waals surface area contributed by atoms with Gasteiger partial charge in [-0.25, -0.2) is 0 Å². The molecular weight excluding hydrogens is 207 g/mol. The van der Waals surface area contributed by atoms with Crippen molar-refractivity contribution in [1.82, 2.24) is 0 Å². The van der Waals surface area contributed by atoms with E-state index in [2.05, 4.69) is 14.2 Å². The maximum Gasteiger partial charge on any atom is 0.261 e. The van der Waals surface area contributed by atoms with Crippen LogP contribution in [0.4, 0.5) is 10.5 Å². The molecule has 1 atom stereocenters. The molecule has 4 heteroatoms.